The van der Waals surface area contributed by atoms with E-state index in [9.17, 15) is 4.79 Å². The number of carbonyl (C=O) groups is 1. The second-order valence-electron chi connectivity index (χ2n) is 6.01. The normalized spacial score (nSPS) is 15.4. The van der Waals surface area contributed by atoms with Crippen LogP contribution in [0.4, 0.5) is 11.4 Å². The molecule has 1 aliphatic rings. The molecule has 2 aromatic rings. The number of carbonyl (C=O) groups excluding carboxylic acids is 1. The molecule has 3 nitrogen and oxygen atoms in total. The fourth-order valence-electron chi connectivity index (χ4n) is 3.32. The third kappa shape index (κ3) is 3.55. The van der Waals surface area contributed by atoms with Gasteiger partial charge in [-0.05, 0) is 44.0 Å². The average molecular weight is 308 g/mol. The van der Waals surface area contributed by atoms with Crippen LogP contribution in [0.5, 0.6) is 0 Å². The molecule has 0 saturated carbocycles. The maximum atomic E-state index is 12.9. The monoisotopic (exact) mass is 308 g/mol. The van der Waals surface area contributed by atoms with Crippen LogP contribution >= 0.6 is 0 Å². The number of nitrogens with zero attached hydrogens (tertiary/aromatic N) is 2. The molecule has 1 fully saturated rings. The molecule has 1 amide bonds. The minimum absolute atomic E-state index is 0.134. The first-order chi connectivity index (χ1) is 11.3. The average Bonchev–Trinajstić information content (AvgIpc) is 2.64. The summed E-state index contributed by atoms with van der Waals surface area (Å²) in [5.41, 5.74) is 2.26. The number of hydrogen-bond donors (Lipinski definition) is 0. The third-order valence-corrected chi connectivity index (χ3v) is 4.62. The highest BCUT2D eigenvalue weighted by Crippen LogP contribution is 2.26. The molecule has 23 heavy (non-hydrogen) atoms. The molecule has 0 bridgehead atoms. The first-order valence-corrected chi connectivity index (χ1v) is 8.46. The largest absolute Gasteiger partial charge is 0.371 e. The van der Waals surface area contributed by atoms with Crippen molar-refractivity contribution in [1.82, 2.24) is 0 Å². The van der Waals surface area contributed by atoms with Gasteiger partial charge in [-0.25, -0.2) is 0 Å². The van der Waals surface area contributed by atoms with E-state index in [1.165, 1.54) is 5.69 Å². The first-order valence-electron chi connectivity index (χ1n) is 8.46. The van der Waals surface area contributed by atoms with Crippen molar-refractivity contribution in [3.8, 4) is 0 Å². The molecular formula is C20H24N2O. The predicted octanol–water partition coefficient (Wildman–Crippen LogP) is 3.96. The SMILES string of the molecule is CCN(C(=O)C1CCN(c2ccccc2)CC1)c1ccccc1. The molecule has 0 atom stereocenters. The van der Waals surface area contributed by atoms with Gasteiger partial charge in [0.2, 0.25) is 5.91 Å². The molecule has 0 spiro atoms. The molecule has 0 radical (unpaired) electrons. The van der Waals surface area contributed by atoms with Crippen LogP contribution < -0.4 is 9.80 Å². The van der Waals surface area contributed by atoms with Crippen molar-refractivity contribution in [1.29, 1.82) is 0 Å². The predicted molar refractivity (Wildman–Crippen MR) is 95.8 cm³/mol. The summed E-state index contributed by atoms with van der Waals surface area (Å²) in [6, 6.07) is 20.5. The first kappa shape index (κ1) is 15.6. The van der Waals surface area contributed by atoms with Crippen molar-refractivity contribution in [2.45, 2.75) is 19.8 Å². The zero-order valence-corrected chi connectivity index (χ0v) is 13.7. The number of hydrogen-bond acceptors (Lipinski definition) is 2. The molecule has 3 heteroatoms. The molecule has 2 aromatic carbocycles. The standard InChI is InChI=1S/C20H24N2O/c1-2-22(19-11-7-4-8-12-19)20(23)17-13-15-21(16-14-17)18-9-5-3-6-10-18/h3-12,17H,2,13-16H2,1H3. The van der Waals surface area contributed by atoms with Crippen LogP contribution in [0.15, 0.2) is 60.7 Å². The van der Waals surface area contributed by atoms with Gasteiger partial charge in [0.15, 0.2) is 0 Å². The number of piperidine rings is 1. The number of para-hydroxylation sites is 2. The summed E-state index contributed by atoms with van der Waals surface area (Å²) >= 11 is 0. The number of amides is 1. The van der Waals surface area contributed by atoms with Gasteiger partial charge in [-0.3, -0.25) is 4.79 Å². The fourth-order valence-corrected chi connectivity index (χ4v) is 3.32. The van der Waals surface area contributed by atoms with Crippen molar-refractivity contribution in [2.75, 3.05) is 29.4 Å². The van der Waals surface area contributed by atoms with Gasteiger partial charge in [0.25, 0.3) is 0 Å². The zero-order chi connectivity index (χ0) is 16.1. The second-order valence-corrected chi connectivity index (χ2v) is 6.01. The Balaban J connectivity index is 1.64. The van der Waals surface area contributed by atoms with Crippen LogP contribution in [-0.2, 0) is 4.79 Å². The Labute approximate surface area is 138 Å². The van der Waals surface area contributed by atoms with E-state index < -0.39 is 0 Å². The Kier molecular flexibility index (Phi) is 4.96. The Morgan fingerprint density at radius 2 is 1.57 bits per heavy atom. The van der Waals surface area contributed by atoms with E-state index in [4.69, 9.17) is 0 Å². The summed E-state index contributed by atoms with van der Waals surface area (Å²) in [7, 11) is 0. The molecule has 1 heterocycles. The number of benzene rings is 2. The van der Waals surface area contributed by atoms with Crippen molar-refractivity contribution in [2.24, 2.45) is 5.92 Å². The summed E-state index contributed by atoms with van der Waals surface area (Å²) in [6.45, 7) is 4.67. The van der Waals surface area contributed by atoms with Crippen LogP contribution in [-0.4, -0.2) is 25.5 Å². The van der Waals surface area contributed by atoms with Crippen LogP contribution in [0.25, 0.3) is 0 Å². The Morgan fingerprint density at radius 1 is 1.00 bits per heavy atom. The minimum atomic E-state index is 0.134. The topological polar surface area (TPSA) is 23.6 Å². The molecule has 1 aliphatic heterocycles. The fraction of sp³-hybridized carbons (Fsp3) is 0.350. The van der Waals surface area contributed by atoms with Crippen LogP contribution in [0.2, 0.25) is 0 Å². The molecule has 0 aromatic heterocycles. The van der Waals surface area contributed by atoms with Crippen molar-refractivity contribution < 1.29 is 4.79 Å². The van der Waals surface area contributed by atoms with Gasteiger partial charge in [0.1, 0.15) is 0 Å². The van der Waals surface area contributed by atoms with E-state index in [-0.39, 0.29) is 11.8 Å². The lowest BCUT2D eigenvalue weighted by Gasteiger charge is -2.35. The van der Waals surface area contributed by atoms with Crippen LogP contribution in [0.3, 0.4) is 0 Å². The summed E-state index contributed by atoms with van der Waals surface area (Å²) in [4.78, 5) is 17.2. The Hall–Kier alpha value is -2.29. The van der Waals surface area contributed by atoms with Gasteiger partial charge in [-0.15, -0.1) is 0 Å². The number of anilines is 2. The molecule has 120 valence electrons. The Morgan fingerprint density at radius 3 is 2.13 bits per heavy atom. The second kappa shape index (κ2) is 7.32. The van der Waals surface area contributed by atoms with Crippen molar-refractivity contribution in [3.63, 3.8) is 0 Å². The van der Waals surface area contributed by atoms with Gasteiger partial charge < -0.3 is 9.80 Å². The third-order valence-electron chi connectivity index (χ3n) is 4.62. The number of rotatable bonds is 4. The van der Waals surface area contributed by atoms with E-state index in [0.717, 1.165) is 38.2 Å². The quantitative estimate of drug-likeness (QED) is 0.853. The summed E-state index contributed by atoms with van der Waals surface area (Å²) in [5, 5.41) is 0. The molecule has 3 rings (SSSR count). The minimum Gasteiger partial charge on any atom is -0.371 e. The molecule has 0 aliphatic carbocycles. The van der Waals surface area contributed by atoms with Gasteiger partial charge in [-0.2, -0.15) is 0 Å². The lowest BCUT2D eigenvalue weighted by Crippen LogP contribution is -2.42. The van der Waals surface area contributed by atoms with Crippen LogP contribution in [0, 0.1) is 5.92 Å². The maximum absolute atomic E-state index is 12.9. The highest BCUT2D eigenvalue weighted by atomic mass is 16.2. The summed E-state index contributed by atoms with van der Waals surface area (Å²) < 4.78 is 0. The lowest BCUT2D eigenvalue weighted by atomic mass is 9.94. The summed E-state index contributed by atoms with van der Waals surface area (Å²) in [5.74, 6) is 0.404. The lowest BCUT2D eigenvalue weighted by molar-refractivity contribution is -0.122. The van der Waals surface area contributed by atoms with E-state index in [0.29, 0.717) is 0 Å². The van der Waals surface area contributed by atoms with E-state index >= 15 is 0 Å². The van der Waals surface area contributed by atoms with Gasteiger partial charge in [0, 0.05) is 36.9 Å². The van der Waals surface area contributed by atoms with Crippen molar-refractivity contribution in [3.05, 3.63) is 60.7 Å². The van der Waals surface area contributed by atoms with Gasteiger partial charge in [0.05, 0.1) is 0 Å². The molecular weight excluding hydrogens is 284 g/mol. The van der Waals surface area contributed by atoms with Gasteiger partial charge >= 0.3 is 0 Å². The van der Waals surface area contributed by atoms with Crippen LogP contribution in [0.1, 0.15) is 19.8 Å². The highest BCUT2D eigenvalue weighted by molar-refractivity contribution is 5.95. The molecule has 1 saturated heterocycles. The smallest absolute Gasteiger partial charge is 0.230 e. The van der Waals surface area contributed by atoms with Gasteiger partial charge in [-0.1, -0.05) is 36.4 Å². The molecule has 0 N–H and O–H groups in total. The summed E-state index contributed by atoms with van der Waals surface area (Å²) in [6.07, 6.45) is 1.86. The van der Waals surface area contributed by atoms with E-state index in [1.807, 2.05) is 48.2 Å². The van der Waals surface area contributed by atoms with Crippen molar-refractivity contribution >= 4 is 17.3 Å². The maximum Gasteiger partial charge on any atom is 0.230 e. The highest BCUT2D eigenvalue weighted by Gasteiger charge is 2.28. The van der Waals surface area contributed by atoms with E-state index in [2.05, 4.69) is 29.2 Å². The van der Waals surface area contributed by atoms with E-state index in [1.54, 1.807) is 0 Å². The zero-order valence-electron chi connectivity index (χ0n) is 13.7. The molecule has 0 unspecified atom stereocenters. The Bertz CT molecular complexity index is 619.